The van der Waals surface area contributed by atoms with Crippen molar-refractivity contribution in [3.05, 3.63) is 84.4 Å². The van der Waals surface area contributed by atoms with Gasteiger partial charge in [0.25, 0.3) is 0 Å². The minimum Gasteiger partial charge on any atom is -0.300 e. The van der Waals surface area contributed by atoms with Crippen LogP contribution in [-0.4, -0.2) is 15.6 Å². The second-order valence-electron chi connectivity index (χ2n) is 7.65. The zero-order valence-corrected chi connectivity index (χ0v) is 16.3. The van der Waals surface area contributed by atoms with Crippen LogP contribution in [0.25, 0.3) is 11.0 Å². The third-order valence-corrected chi connectivity index (χ3v) is 5.42. The second kappa shape index (κ2) is 6.06. The summed E-state index contributed by atoms with van der Waals surface area (Å²) in [4.78, 5) is 14.7. The first-order valence-electron chi connectivity index (χ1n) is 9.55. The summed E-state index contributed by atoms with van der Waals surface area (Å²) in [6, 6.07) is 27.0. The second-order valence-corrected chi connectivity index (χ2v) is 7.65. The molecule has 0 bridgehead atoms. The molecule has 28 heavy (non-hydrogen) atoms. The van der Waals surface area contributed by atoms with Gasteiger partial charge in [0.2, 0.25) is 0 Å². The molecule has 138 valence electrons. The average Bonchev–Trinajstić information content (AvgIpc) is 2.92. The Morgan fingerprint density at radius 1 is 0.643 bits per heavy atom. The molecule has 0 unspecified atom stereocenters. The standard InChI is InChI=1S/C24H22N4/c1-17-11-7-10-16-21(17)28-23-22(25-19-14-8-9-15-20(19)26-23)27(24(28,2)3)18-12-5-4-6-13-18/h4-16H,1-3H3. The Balaban J connectivity index is 1.83. The smallest absolute Gasteiger partial charge is 0.179 e. The van der Waals surface area contributed by atoms with Gasteiger partial charge in [0.05, 0.1) is 11.0 Å². The van der Waals surface area contributed by atoms with Gasteiger partial charge in [0.15, 0.2) is 11.6 Å². The summed E-state index contributed by atoms with van der Waals surface area (Å²) in [5.41, 5.74) is 4.92. The SMILES string of the molecule is Cc1ccccc1N1c2nc3ccccc3nc2N(c2ccccc2)C1(C)C. The number of anilines is 4. The Labute approximate surface area is 165 Å². The highest BCUT2D eigenvalue weighted by molar-refractivity contribution is 5.91. The van der Waals surface area contributed by atoms with E-state index >= 15 is 0 Å². The highest BCUT2D eigenvalue weighted by Crippen LogP contribution is 2.51. The molecule has 0 amide bonds. The van der Waals surface area contributed by atoms with E-state index in [0.717, 1.165) is 34.0 Å². The lowest BCUT2D eigenvalue weighted by Gasteiger charge is -2.40. The molecular weight excluding hydrogens is 344 g/mol. The van der Waals surface area contributed by atoms with Crippen molar-refractivity contribution in [2.75, 3.05) is 9.80 Å². The van der Waals surface area contributed by atoms with E-state index in [9.17, 15) is 0 Å². The van der Waals surface area contributed by atoms with E-state index in [0.29, 0.717) is 0 Å². The van der Waals surface area contributed by atoms with Crippen LogP contribution in [0.15, 0.2) is 78.9 Å². The largest absolute Gasteiger partial charge is 0.300 e. The molecule has 0 spiro atoms. The number of hydrogen-bond acceptors (Lipinski definition) is 4. The maximum Gasteiger partial charge on any atom is 0.179 e. The van der Waals surface area contributed by atoms with Gasteiger partial charge in [0.1, 0.15) is 5.66 Å². The molecule has 4 heteroatoms. The van der Waals surface area contributed by atoms with E-state index in [4.69, 9.17) is 9.97 Å². The molecule has 0 saturated carbocycles. The Kier molecular flexibility index (Phi) is 3.63. The van der Waals surface area contributed by atoms with E-state index in [1.54, 1.807) is 0 Å². The molecular formula is C24H22N4. The number of nitrogens with zero attached hydrogens (tertiary/aromatic N) is 4. The molecule has 1 aromatic heterocycles. The predicted octanol–water partition coefficient (Wildman–Crippen LogP) is 5.96. The van der Waals surface area contributed by atoms with Gasteiger partial charge in [-0.3, -0.25) is 9.80 Å². The monoisotopic (exact) mass is 366 g/mol. The van der Waals surface area contributed by atoms with Gasteiger partial charge in [-0.05, 0) is 56.7 Å². The Morgan fingerprint density at radius 3 is 1.82 bits per heavy atom. The van der Waals surface area contributed by atoms with Crippen LogP contribution in [0.3, 0.4) is 0 Å². The van der Waals surface area contributed by atoms with Crippen molar-refractivity contribution in [2.24, 2.45) is 0 Å². The maximum atomic E-state index is 5.05. The molecule has 0 aliphatic carbocycles. The zero-order chi connectivity index (χ0) is 19.3. The quantitative estimate of drug-likeness (QED) is 0.438. The number of fused-ring (bicyclic) bond motifs is 2. The molecule has 0 N–H and O–H groups in total. The number of aromatic nitrogens is 2. The van der Waals surface area contributed by atoms with Gasteiger partial charge in [-0.1, -0.05) is 48.5 Å². The van der Waals surface area contributed by atoms with E-state index in [1.165, 1.54) is 5.56 Å². The Morgan fingerprint density at radius 2 is 1.18 bits per heavy atom. The first kappa shape index (κ1) is 16.8. The van der Waals surface area contributed by atoms with Crippen molar-refractivity contribution in [1.82, 2.24) is 9.97 Å². The minimum atomic E-state index is -0.368. The fraction of sp³-hybridized carbons (Fsp3) is 0.167. The number of rotatable bonds is 2. The van der Waals surface area contributed by atoms with Gasteiger partial charge in [0, 0.05) is 11.4 Å². The summed E-state index contributed by atoms with van der Waals surface area (Å²) in [7, 11) is 0. The Bertz CT molecular complexity index is 1170. The lowest BCUT2D eigenvalue weighted by atomic mass is 10.1. The van der Waals surface area contributed by atoms with Crippen LogP contribution in [0.4, 0.5) is 23.0 Å². The molecule has 0 atom stereocenters. The lowest BCUT2D eigenvalue weighted by molar-refractivity contribution is 0.536. The van der Waals surface area contributed by atoms with Crippen LogP contribution in [0.2, 0.25) is 0 Å². The normalized spacial score (nSPS) is 15.1. The van der Waals surface area contributed by atoms with Crippen LogP contribution < -0.4 is 9.80 Å². The van der Waals surface area contributed by atoms with Gasteiger partial charge in [-0.15, -0.1) is 0 Å². The molecule has 0 fully saturated rings. The molecule has 0 radical (unpaired) electrons. The van der Waals surface area contributed by atoms with E-state index in [-0.39, 0.29) is 5.66 Å². The number of benzene rings is 3. The van der Waals surface area contributed by atoms with Crippen LogP contribution in [-0.2, 0) is 0 Å². The number of hydrogen-bond donors (Lipinski definition) is 0. The summed E-state index contributed by atoms with van der Waals surface area (Å²) in [6.45, 7) is 6.59. The highest BCUT2D eigenvalue weighted by atomic mass is 15.5. The van der Waals surface area contributed by atoms with Gasteiger partial charge < -0.3 is 0 Å². The van der Waals surface area contributed by atoms with Crippen LogP contribution in [0, 0.1) is 6.92 Å². The molecule has 0 saturated heterocycles. The summed E-state index contributed by atoms with van der Waals surface area (Å²) in [5, 5.41) is 0. The fourth-order valence-electron chi connectivity index (χ4n) is 4.14. The van der Waals surface area contributed by atoms with Gasteiger partial charge in [-0.2, -0.15) is 0 Å². The molecule has 4 aromatic rings. The zero-order valence-electron chi connectivity index (χ0n) is 16.3. The van der Waals surface area contributed by atoms with Crippen molar-refractivity contribution in [3.8, 4) is 0 Å². The van der Waals surface area contributed by atoms with Crippen LogP contribution >= 0.6 is 0 Å². The average molecular weight is 366 g/mol. The Hall–Kier alpha value is -3.40. The first-order chi connectivity index (χ1) is 13.6. The maximum absolute atomic E-state index is 5.05. The van der Waals surface area contributed by atoms with E-state index < -0.39 is 0 Å². The van der Waals surface area contributed by atoms with Crippen molar-refractivity contribution in [3.63, 3.8) is 0 Å². The third-order valence-electron chi connectivity index (χ3n) is 5.42. The molecule has 5 rings (SSSR count). The summed E-state index contributed by atoms with van der Waals surface area (Å²) in [6.07, 6.45) is 0. The minimum absolute atomic E-state index is 0.368. The van der Waals surface area contributed by atoms with E-state index in [2.05, 4.69) is 79.1 Å². The molecule has 3 aromatic carbocycles. The highest BCUT2D eigenvalue weighted by Gasteiger charge is 2.47. The summed E-state index contributed by atoms with van der Waals surface area (Å²) >= 11 is 0. The van der Waals surface area contributed by atoms with E-state index in [1.807, 2.05) is 30.3 Å². The number of para-hydroxylation sites is 4. The van der Waals surface area contributed by atoms with Crippen molar-refractivity contribution >= 4 is 34.0 Å². The third kappa shape index (κ3) is 2.38. The van der Waals surface area contributed by atoms with Gasteiger partial charge in [-0.25, -0.2) is 9.97 Å². The van der Waals surface area contributed by atoms with Crippen LogP contribution in [0.5, 0.6) is 0 Å². The topological polar surface area (TPSA) is 32.3 Å². The lowest BCUT2D eigenvalue weighted by Crippen LogP contribution is -2.48. The molecule has 2 heterocycles. The fourth-order valence-corrected chi connectivity index (χ4v) is 4.14. The molecule has 4 nitrogen and oxygen atoms in total. The van der Waals surface area contributed by atoms with Gasteiger partial charge >= 0.3 is 0 Å². The van der Waals surface area contributed by atoms with Crippen molar-refractivity contribution in [1.29, 1.82) is 0 Å². The van der Waals surface area contributed by atoms with Crippen molar-refractivity contribution in [2.45, 2.75) is 26.4 Å². The predicted molar refractivity (Wildman–Crippen MR) is 116 cm³/mol. The molecule has 1 aliphatic rings. The summed E-state index contributed by atoms with van der Waals surface area (Å²) < 4.78 is 0. The first-order valence-corrected chi connectivity index (χ1v) is 9.55. The van der Waals surface area contributed by atoms with Crippen molar-refractivity contribution < 1.29 is 0 Å². The van der Waals surface area contributed by atoms with Crippen LogP contribution in [0.1, 0.15) is 19.4 Å². The summed E-state index contributed by atoms with van der Waals surface area (Å²) in [5.74, 6) is 1.78. The molecule has 1 aliphatic heterocycles. The number of aryl methyl sites for hydroxylation is 1.